The number of benzene rings is 3. The Labute approximate surface area is 183 Å². The third-order valence-corrected chi connectivity index (χ3v) is 6.69. The minimum atomic E-state index is -4.01. The van der Waals surface area contributed by atoms with Crippen molar-refractivity contribution in [2.75, 3.05) is 19.0 Å². The zero-order valence-corrected chi connectivity index (χ0v) is 18.6. The second-order valence-corrected chi connectivity index (χ2v) is 9.18. The molecule has 0 aliphatic rings. The fraction of sp³-hybridized carbons (Fsp3) is 0.208. The molecule has 3 rings (SSSR count). The minimum absolute atomic E-state index is 0.0367. The Morgan fingerprint density at radius 1 is 0.968 bits per heavy atom. The molecule has 1 N–H and O–H groups in total. The molecule has 1 amide bonds. The summed E-state index contributed by atoms with van der Waals surface area (Å²) in [5, 5.41) is 2.81. The van der Waals surface area contributed by atoms with E-state index in [0.29, 0.717) is 5.69 Å². The van der Waals surface area contributed by atoms with Crippen LogP contribution >= 0.6 is 0 Å². The molecule has 0 aliphatic heterocycles. The lowest BCUT2D eigenvalue weighted by molar-refractivity contribution is -0.116. The standard InChI is InChI=1S/C24H26N2O4S/c1-18-13-14-22(30-3)23(15-18)31(28,29)26(16-20-10-5-4-6-11-20)17-24(27)25-21-12-8-7-9-19(21)2/h4-15H,16-17H2,1-3H3,(H,25,27). The van der Waals surface area contributed by atoms with Crippen molar-refractivity contribution in [3.8, 4) is 5.75 Å². The number of carbonyl (C=O) groups is 1. The van der Waals surface area contributed by atoms with Crippen molar-refractivity contribution < 1.29 is 17.9 Å². The summed E-state index contributed by atoms with van der Waals surface area (Å²) in [4.78, 5) is 12.9. The molecule has 0 saturated carbocycles. The van der Waals surface area contributed by atoms with Crippen LogP contribution in [-0.2, 0) is 21.4 Å². The summed E-state index contributed by atoms with van der Waals surface area (Å²) in [5.41, 5.74) is 3.11. The molecule has 0 radical (unpaired) electrons. The molecule has 3 aromatic rings. The molecule has 0 aromatic heterocycles. The van der Waals surface area contributed by atoms with Crippen molar-refractivity contribution in [2.24, 2.45) is 0 Å². The van der Waals surface area contributed by atoms with E-state index in [1.165, 1.54) is 11.4 Å². The molecule has 0 bridgehead atoms. The first kappa shape index (κ1) is 22.5. The lowest BCUT2D eigenvalue weighted by Gasteiger charge is -2.23. The van der Waals surface area contributed by atoms with Gasteiger partial charge in [0.1, 0.15) is 10.6 Å². The van der Waals surface area contributed by atoms with Gasteiger partial charge in [0.05, 0.1) is 13.7 Å². The van der Waals surface area contributed by atoms with Gasteiger partial charge in [-0.3, -0.25) is 4.79 Å². The number of carbonyl (C=O) groups excluding carboxylic acids is 1. The number of anilines is 1. The maximum Gasteiger partial charge on any atom is 0.247 e. The van der Waals surface area contributed by atoms with Crippen LogP contribution in [0.3, 0.4) is 0 Å². The Bertz CT molecular complexity index is 1160. The van der Waals surface area contributed by atoms with Crippen LogP contribution in [0, 0.1) is 13.8 Å². The molecular weight excluding hydrogens is 412 g/mol. The van der Waals surface area contributed by atoms with Gasteiger partial charge in [0.25, 0.3) is 0 Å². The van der Waals surface area contributed by atoms with Crippen LogP contribution in [0.25, 0.3) is 0 Å². The Balaban J connectivity index is 1.95. The van der Waals surface area contributed by atoms with Gasteiger partial charge >= 0.3 is 0 Å². The van der Waals surface area contributed by atoms with Gasteiger partial charge in [-0.05, 0) is 48.7 Å². The normalized spacial score (nSPS) is 11.4. The van der Waals surface area contributed by atoms with E-state index in [4.69, 9.17) is 4.74 Å². The van der Waals surface area contributed by atoms with Gasteiger partial charge in [-0.2, -0.15) is 4.31 Å². The SMILES string of the molecule is COc1ccc(C)cc1S(=O)(=O)N(CC(=O)Nc1ccccc1C)Cc1ccccc1. The maximum absolute atomic E-state index is 13.6. The van der Waals surface area contributed by atoms with Crippen molar-refractivity contribution in [3.05, 3.63) is 89.5 Å². The second kappa shape index (κ2) is 9.76. The van der Waals surface area contributed by atoms with E-state index in [1.807, 2.05) is 62.4 Å². The quantitative estimate of drug-likeness (QED) is 0.574. The summed E-state index contributed by atoms with van der Waals surface area (Å²) >= 11 is 0. The zero-order chi connectivity index (χ0) is 22.4. The summed E-state index contributed by atoms with van der Waals surface area (Å²) < 4.78 is 33.6. The second-order valence-electron chi connectivity index (χ2n) is 7.28. The topological polar surface area (TPSA) is 75.7 Å². The summed E-state index contributed by atoms with van der Waals surface area (Å²) in [6, 6.07) is 21.5. The van der Waals surface area contributed by atoms with Crippen LogP contribution < -0.4 is 10.1 Å². The molecule has 0 heterocycles. The van der Waals surface area contributed by atoms with Gasteiger partial charge in [-0.15, -0.1) is 0 Å². The van der Waals surface area contributed by atoms with Crippen molar-refractivity contribution in [1.82, 2.24) is 4.31 Å². The zero-order valence-electron chi connectivity index (χ0n) is 17.8. The highest BCUT2D eigenvalue weighted by Gasteiger charge is 2.30. The lowest BCUT2D eigenvalue weighted by Crippen LogP contribution is -2.37. The van der Waals surface area contributed by atoms with Crippen LogP contribution in [-0.4, -0.2) is 32.3 Å². The monoisotopic (exact) mass is 438 g/mol. The van der Waals surface area contributed by atoms with Gasteiger partial charge in [-0.1, -0.05) is 54.6 Å². The third kappa shape index (κ3) is 5.51. The van der Waals surface area contributed by atoms with Gasteiger partial charge in [0, 0.05) is 12.2 Å². The predicted molar refractivity (Wildman–Crippen MR) is 122 cm³/mol. The first-order valence-electron chi connectivity index (χ1n) is 9.85. The molecule has 0 atom stereocenters. The molecule has 6 nitrogen and oxygen atoms in total. The minimum Gasteiger partial charge on any atom is -0.495 e. The highest BCUT2D eigenvalue weighted by molar-refractivity contribution is 7.89. The number of nitrogens with one attached hydrogen (secondary N) is 1. The van der Waals surface area contributed by atoms with Crippen molar-refractivity contribution in [3.63, 3.8) is 0 Å². The van der Waals surface area contributed by atoms with Gasteiger partial charge in [0.2, 0.25) is 15.9 Å². The number of amides is 1. The number of rotatable bonds is 8. The van der Waals surface area contributed by atoms with Crippen molar-refractivity contribution >= 4 is 21.6 Å². The number of aryl methyl sites for hydroxylation is 2. The molecular formula is C24H26N2O4S. The smallest absolute Gasteiger partial charge is 0.247 e. The molecule has 3 aromatic carbocycles. The summed E-state index contributed by atoms with van der Waals surface area (Å²) in [6.45, 7) is 3.42. The molecule has 31 heavy (non-hydrogen) atoms. The first-order valence-corrected chi connectivity index (χ1v) is 11.3. The molecule has 0 unspecified atom stereocenters. The van der Waals surface area contributed by atoms with E-state index in [1.54, 1.807) is 24.3 Å². The molecule has 162 valence electrons. The number of nitrogens with zero attached hydrogens (tertiary/aromatic N) is 1. The Kier molecular flexibility index (Phi) is 7.09. The molecule has 7 heteroatoms. The number of para-hydroxylation sites is 1. The predicted octanol–water partition coefficient (Wildman–Crippen LogP) is 4.14. The van der Waals surface area contributed by atoms with Crippen LogP contribution in [0.4, 0.5) is 5.69 Å². The fourth-order valence-corrected chi connectivity index (χ4v) is 4.83. The number of ether oxygens (including phenoxy) is 1. The van der Waals surface area contributed by atoms with E-state index >= 15 is 0 Å². The van der Waals surface area contributed by atoms with Crippen molar-refractivity contribution in [2.45, 2.75) is 25.3 Å². The largest absolute Gasteiger partial charge is 0.495 e. The van der Waals surface area contributed by atoms with Gasteiger partial charge in [-0.25, -0.2) is 8.42 Å². The highest BCUT2D eigenvalue weighted by atomic mass is 32.2. The summed E-state index contributed by atoms with van der Waals surface area (Å²) in [5.74, 6) is -0.177. The van der Waals surface area contributed by atoms with Gasteiger partial charge < -0.3 is 10.1 Å². The van der Waals surface area contributed by atoms with Crippen LogP contribution in [0.2, 0.25) is 0 Å². The molecule has 0 spiro atoms. The van der Waals surface area contributed by atoms with E-state index in [9.17, 15) is 13.2 Å². The summed E-state index contributed by atoms with van der Waals surface area (Å²) in [6.07, 6.45) is 0. The number of sulfonamides is 1. The molecule has 0 saturated heterocycles. The lowest BCUT2D eigenvalue weighted by atomic mass is 10.2. The van der Waals surface area contributed by atoms with Gasteiger partial charge in [0.15, 0.2) is 0 Å². The Hall–Kier alpha value is -3.16. The van der Waals surface area contributed by atoms with E-state index in [2.05, 4.69) is 5.32 Å². The van der Waals surface area contributed by atoms with Crippen molar-refractivity contribution in [1.29, 1.82) is 0 Å². The number of hydrogen-bond acceptors (Lipinski definition) is 4. The van der Waals surface area contributed by atoms with E-state index in [0.717, 1.165) is 16.7 Å². The number of methoxy groups -OCH3 is 1. The highest BCUT2D eigenvalue weighted by Crippen LogP contribution is 2.29. The number of hydrogen-bond donors (Lipinski definition) is 1. The van der Waals surface area contributed by atoms with Crippen LogP contribution in [0.15, 0.2) is 77.7 Å². The molecule has 0 aliphatic carbocycles. The average molecular weight is 439 g/mol. The summed E-state index contributed by atoms with van der Waals surface area (Å²) in [7, 11) is -2.59. The average Bonchev–Trinajstić information content (AvgIpc) is 2.75. The fourth-order valence-electron chi connectivity index (χ4n) is 3.20. The first-order chi connectivity index (χ1) is 14.8. The molecule has 0 fully saturated rings. The van der Waals surface area contributed by atoms with Crippen LogP contribution in [0.1, 0.15) is 16.7 Å². The maximum atomic E-state index is 13.6. The Morgan fingerprint density at radius 2 is 1.65 bits per heavy atom. The third-order valence-electron chi connectivity index (χ3n) is 4.88. The van der Waals surface area contributed by atoms with E-state index < -0.39 is 15.9 Å². The van der Waals surface area contributed by atoms with Crippen LogP contribution in [0.5, 0.6) is 5.75 Å². The Morgan fingerprint density at radius 3 is 2.32 bits per heavy atom. The van der Waals surface area contributed by atoms with E-state index in [-0.39, 0.29) is 23.7 Å².